The fourth-order valence-corrected chi connectivity index (χ4v) is 2.57. The quantitative estimate of drug-likeness (QED) is 0.800. The van der Waals surface area contributed by atoms with Crippen LogP contribution in [0.4, 0.5) is 5.82 Å². The lowest BCUT2D eigenvalue weighted by Crippen LogP contribution is -2.10. The van der Waals surface area contributed by atoms with E-state index in [2.05, 4.69) is 36.8 Å². The van der Waals surface area contributed by atoms with Crippen molar-refractivity contribution in [2.45, 2.75) is 33.1 Å². The average molecular weight is 242 g/mol. The van der Waals surface area contributed by atoms with Gasteiger partial charge in [-0.25, -0.2) is 4.98 Å². The number of aromatic nitrogens is 1. The van der Waals surface area contributed by atoms with Gasteiger partial charge in [-0.1, -0.05) is 17.7 Å². The van der Waals surface area contributed by atoms with Crippen molar-refractivity contribution >= 4 is 11.4 Å². The van der Waals surface area contributed by atoms with E-state index in [1.807, 2.05) is 19.3 Å². The summed E-state index contributed by atoms with van der Waals surface area (Å²) in [6.45, 7) is 8.50. The highest BCUT2D eigenvalue weighted by molar-refractivity contribution is 5.69. The minimum absolute atomic E-state index is 0.632. The van der Waals surface area contributed by atoms with Gasteiger partial charge in [-0.3, -0.25) is 0 Å². The highest BCUT2D eigenvalue weighted by Gasteiger charge is 2.20. The smallest absolute Gasteiger partial charge is 0.125 e. The molecule has 1 unspecified atom stereocenters. The maximum Gasteiger partial charge on any atom is 0.125 e. The Morgan fingerprint density at radius 2 is 2.22 bits per heavy atom. The van der Waals surface area contributed by atoms with E-state index in [0.29, 0.717) is 5.92 Å². The summed E-state index contributed by atoms with van der Waals surface area (Å²) in [6, 6.07) is 4.21. The lowest BCUT2D eigenvalue weighted by atomic mass is 9.79. The van der Waals surface area contributed by atoms with Crippen LogP contribution >= 0.6 is 0 Å². The van der Waals surface area contributed by atoms with E-state index >= 15 is 0 Å². The van der Waals surface area contributed by atoms with Crippen molar-refractivity contribution in [2.24, 2.45) is 5.92 Å². The summed E-state index contributed by atoms with van der Waals surface area (Å²) in [5, 5.41) is 3.05. The second-order valence-corrected chi connectivity index (χ2v) is 5.23. The molecule has 2 rings (SSSR count). The van der Waals surface area contributed by atoms with Crippen LogP contribution in [-0.2, 0) is 0 Å². The number of pyridine rings is 1. The predicted molar refractivity (Wildman–Crippen MR) is 78.5 cm³/mol. The third-order valence-corrected chi connectivity index (χ3v) is 3.90. The number of anilines is 1. The minimum Gasteiger partial charge on any atom is -0.373 e. The van der Waals surface area contributed by atoms with E-state index in [1.54, 1.807) is 0 Å². The molecule has 18 heavy (non-hydrogen) atoms. The van der Waals surface area contributed by atoms with Gasteiger partial charge in [0.1, 0.15) is 5.82 Å². The van der Waals surface area contributed by atoms with Crippen molar-refractivity contribution in [1.82, 2.24) is 4.98 Å². The zero-order valence-corrected chi connectivity index (χ0v) is 11.6. The molecule has 1 aliphatic rings. The van der Waals surface area contributed by atoms with E-state index in [1.165, 1.54) is 35.1 Å². The Hall–Kier alpha value is -1.57. The fraction of sp³-hybridized carbons (Fsp3) is 0.438. The maximum absolute atomic E-state index is 4.41. The van der Waals surface area contributed by atoms with Crippen molar-refractivity contribution in [3.63, 3.8) is 0 Å². The molecule has 0 bridgehead atoms. The number of rotatable bonds is 3. The molecule has 2 nitrogen and oxygen atoms in total. The number of hydrogen-bond acceptors (Lipinski definition) is 2. The third-order valence-electron chi connectivity index (χ3n) is 3.90. The zero-order chi connectivity index (χ0) is 13.1. The number of nitrogens with one attached hydrogen (secondary N) is 1. The molecule has 1 N–H and O–H groups in total. The Labute approximate surface area is 110 Å². The molecule has 1 aliphatic carbocycles. The summed E-state index contributed by atoms with van der Waals surface area (Å²) in [4.78, 5) is 4.41. The summed E-state index contributed by atoms with van der Waals surface area (Å²) < 4.78 is 0. The Balaban J connectivity index is 2.26. The fourth-order valence-electron chi connectivity index (χ4n) is 2.57. The summed E-state index contributed by atoms with van der Waals surface area (Å²) in [6.07, 6.45) is 5.51. The van der Waals surface area contributed by atoms with Crippen LogP contribution in [0.25, 0.3) is 5.57 Å². The predicted octanol–water partition coefficient (Wildman–Crippen LogP) is 4.27. The van der Waals surface area contributed by atoms with E-state index in [-0.39, 0.29) is 0 Å². The molecule has 1 heterocycles. The Morgan fingerprint density at radius 1 is 1.44 bits per heavy atom. The van der Waals surface area contributed by atoms with Crippen molar-refractivity contribution in [1.29, 1.82) is 0 Å². The molecule has 0 spiro atoms. The topological polar surface area (TPSA) is 24.9 Å². The summed E-state index contributed by atoms with van der Waals surface area (Å²) in [5.74, 6) is 1.55. The summed E-state index contributed by atoms with van der Waals surface area (Å²) in [7, 11) is 1.89. The summed E-state index contributed by atoms with van der Waals surface area (Å²) in [5.41, 5.74) is 5.54. The molecule has 0 aliphatic heterocycles. The number of nitrogens with zero attached hydrogens (tertiary/aromatic N) is 1. The molecular weight excluding hydrogens is 220 g/mol. The van der Waals surface area contributed by atoms with Crippen LogP contribution in [0.5, 0.6) is 0 Å². The van der Waals surface area contributed by atoms with E-state index < -0.39 is 0 Å². The van der Waals surface area contributed by atoms with Crippen LogP contribution < -0.4 is 5.32 Å². The van der Waals surface area contributed by atoms with Gasteiger partial charge < -0.3 is 5.32 Å². The standard InChI is InChI=1S/C16H22N2/c1-11(2)13-6-5-12(3)15(9-13)14-7-8-16(17-4)18-10-14/h7-8,10,13H,1,5-6,9H2,2-4H3,(H,17,18). The second-order valence-electron chi connectivity index (χ2n) is 5.23. The Morgan fingerprint density at radius 3 is 2.78 bits per heavy atom. The van der Waals surface area contributed by atoms with Crippen LogP contribution in [0.1, 0.15) is 38.7 Å². The van der Waals surface area contributed by atoms with E-state index in [0.717, 1.165) is 12.2 Å². The average Bonchev–Trinajstić information content (AvgIpc) is 2.39. The van der Waals surface area contributed by atoms with Gasteiger partial charge in [-0.15, -0.1) is 0 Å². The Kier molecular flexibility index (Phi) is 3.85. The van der Waals surface area contributed by atoms with Gasteiger partial charge in [-0.05, 0) is 62.3 Å². The van der Waals surface area contributed by atoms with Gasteiger partial charge in [0.2, 0.25) is 0 Å². The SMILES string of the molecule is C=C(C)C1CCC(C)=C(c2ccc(NC)nc2)C1. The van der Waals surface area contributed by atoms with E-state index in [9.17, 15) is 0 Å². The van der Waals surface area contributed by atoms with E-state index in [4.69, 9.17) is 0 Å². The first-order valence-corrected chi connectivity index (χ1v) is 6.60. The lowest BCUT2D eigenvalue weighted by Gasteiger charge is -2.26. The molecule has 0 amide bonds. The molecular formula is C16H22N2. The monoisotopic (exact) mass is 242 g/mol. The molecule has 1 aromatic heterocycles. The molecule has 96 valence electrons. The van der Waals surface area contributed by atoms with Crippen molar-refractivity contribution in [3.8, 4) is 0 Å². The number of hydrogen-bond donors (Lipinski definition) is 1. The van der Waals surface area contributed by atoms with Crippen LogP contribution in [0.15, 0.2) is 36.1 Å². The lowest BCUT2D eigenvalue weighted by molar-refractivity contribution is 0.550. The normalized spacial score (nSPS) is 19.8. The molecule has 0 saturated carbocycles. The Bertz CT molecular complexity index is 468. The highest BCUT2D eigenvalue weighted by Crippen LogP contribution is 2.38. The second kappa shape index (κ2) is 5.38. The summed E-state index contributed by atoms with van der Waals surface area (Å²) >= 11 is 0. The first-order chi connectivity index (χ1) is 8.61. The van der Waals surface area contributed by atoms with Crippen LogP contribution in [0.3, 0.4) is 0 Å². The first kappa shape index (κ1) is 12.9. The highest BCUT2D eigenvalue weighted by atomic mass is 14.9. The van der Waals surface area contributed by atoms with Gasteiger partial charge in [0, 0.05) is 13.2 Å². The minimum atomic E-state index is 0.632. The third kappa shape index (κ3) is 2.63. The van der Waals surface area contributed by atoms with Crippen molar-refractivity contribution in [2.75, 3.05) is 12.4 Å². The maximum atomic E-state index is 4.41. The van der Waals surface area contributed by atoms with Crippen LogP contribution in [0.2, 0.25) is 0 Å². The van der Waals surface area contributed by atoms with Gasteiger partial charge in [0.05, 0.1) is 0 Å². The zero-order valence-electron chi connectivity index (χ0n) is 11.6. The molecule has 0 aromatic carbocycles. The molecule has 1 atom stereocenters. The van der Waals surface area contributed by atoms with Crippen molar-refractivity contribution in [3.05, 3.63) is 41.6 Å². The molecule has 2 heteroatoms. The number of allylic oxidation sites excluding steroid dienone is 3. The van der Waals surface area contributed by atoms with Crippen LogP contribution in [0, 0.1) is 5.92 Å². The molecule has 1 aromatic rings. The van der Waals surface area contributed by atoms with Crippen LogP contribution in [-0.4, -0.2) is 12.0 Å². The first-order valence-electron chi connectivity index (χ1n) is 6.60. The van der Waals surface area contributed by atoms with Gasteiger partial charge in [0.25, 0.3) is 0 Å². The van der Waals surface area contributed by atoms with Gasteiger partial charge in [-0.2, -0.15) is 0 Å². The molecule has 0 saturated heterocycles. The van der Waals surface area contributed by atoms with Gasteiger partial charge >= 0.3 is 0 Å². The molecule has 0 radical (unpaired) electrons. The van der Waals surface area contributed by atoms with Gasteiger partial charge in [0.15, 0.2) is 0 Å². The largest absolute Gasteiger partial charge is 0.373 e. The molecule has 0 fully saturated rings. The van der Waals surface area contributed by atoms with Crippen molar-refractivity contribution < 1.29 is 0 Å².